The van der Waals surface area contributed by atoms with Gasteiger partial charge in [0, 0.05) is 41.8 Å². The van der Waals surface area contributed by atoms with Gasteiger partial charge in [0.2, 0.25) is 0 Å². The quantitative estimate of drug-likeness (QED) is 0.449. The maximum atomic E-state index is 12.7. The molecule has 2 amide bonds. The molecule has 0 radical (unpaired) electrons. The standard InChI is InChI=1S/C25H22ClN5O/c26-22-7-3-1-6-18(22)14-29-25(32)31-12-10-21-19(16-31)9-11-27-24(21)30-20-13-17-5-2-4-8-23(17)28-15-20/h1-9,11,13,15H,10,12,14,16H2,(H,27,30)(H,29,32). The second-order valence-corrected chi connectivity index (χ2v) is 8.17. The van der Waals surface area contributed by atoms with Crippen molar-refractivity contribution < 1.29 is 4.79 Å². The number of anilines is 2. The summed E-state index contributed by atoms with van der Waals surface area (Å²) in [5.41, 5.74) is 4.98. The van der Waals surface area contributed by atoms with E-state index >= 15 is 0 Å². The second-order valence-electron chi connectivity index (χ2n) is 7.76. The van der Waals surface area contributed by atoms with E-state index in [-0.39, 0.29) is 6.03 Å². The number of benzene rings is 2. The lowest BCUT2D eigenvalue weighted by Crippen LogP contribution is -2.42. The summed E-state index contributed by atoms with van der Waals surface area (Å²) in [5.74, 6) is 0.815. The Balaban J connectivity index is 1.28. The average Bonchev–Trinajstić information content (AvgIpc) is 2.83. The summed E-state index contributed by atoms with van der Waals surface area (Å²) in [4.78, 5) is 23.6. The highest BCUT2D eigenvalue weighted by Gasteiger charge is 2.23. The third-order valence-corrected chi connectivity index (χ3v) is 6.04. The molecule has 0 fully saturated rings. The Labute approximate surface area is 191 Å². The number of rotatable bonds is 4. The Morgan fingerprint density at radius 3 is 2.81 bits per heavy atom. The molecule has 160 valence electrons. The van der Waals surface area contributed by atoms with Gasteiger partial charge in [-0.1, -0.05) is 48.0 Å². The Morgan fingerprint density at radius 2 is 1.91 bits per heavy atom. The molecule has 5 rings (SSSR count). The van der Waals surface area contributed by atoms with Gasteiger partial charge < -0.3 is 15.5 Å². The lowest BCUT2D eigenvalue weighted by Gasteiger charge is -2.30. The minimum Gasteiger partial charge on any atom is -0.339 e. The summed E-state index contributed by atoms with van der Waals surface area (Å²) in [6, 6.07) is 19.5. The molecule has 6 nitrogen and oxygen atoms in total. The molecule has 2 aromatic carbocycles. The lowest BCUT2D eigenvalue weighted by molar-refractivity contribution is 0.192. The molecule has 1 aliphatic rings. The number of carbonyl (C=O) groups is 1. The van der Waals surface area contributed by atoms with Gasteiger partial charge in [0.25, 0.3) is 0 Å². The minimum absolute atomic E-state index is 0.0966. The van der Waals surface area contributed by atoms with Crippen LogP contribution in [0.3, 0.4) is 0 Å². The molecule has 3 heterocycles. The largest absolute Gasteiger partial charge is 0.339 e. The highest BCUT2D eigenvalue weighted by molar-refractivity contribution is 6.31. The zero-order valence-electron chi connectivity index (χ0n) is 17.4. The molecule has 0 saturated heterocycles. The number of para-hydroxylation sites is 1. The number of nitrogens with zero attached hydrogens (tertiary/aromatic N) is 3. The SMILES string of the molecule is O=C(NCc1ccccc1Cl)N1CCc2c(ccnc2Nc2cnc3ccccc3c2)C1. The number of aromatic nitrogens is 2. The first-order valence-electron chi connectivity index (χ1n) is 10.5. The summed E-state index contributed by atoms with van der Waals surface area (Å²) < 4.78 is 0. The average molecular weight is 444 g/mol. The minimum atomic E-state index is -0.0966. The van der Waals surface area contributed by atoms with Gasteiger partial charge in [-0.25, -0.2) is 9.78 Å². The third kappa shape index (κ3) is 4.22. The van der Waals surface area contributed by atoms with Crippen LogP contribution in [0.2, 0.25) is 5.02 Å². The highest BCUT2D eigenvalue weighted by Crippen LogP contribution is 2.27. The maximum Gasteiger partial charge on any atom is 0.317 e. The first-order chi connectivity index (χ1) is 15.7. The number of fused-ring (bicyclic) bond motifs is 2. The fourth-order valence-electron chi connectivity index (χ4n) is 3.97. The molecule has 0 unspecified atom stereocenters. The molecule has 0 atom stereocenters. The third-order valence-electron chi connectivity index (χ3n) is 5.67. The molecule has 1 aliphatic heterocycles. The fourth-order valence-corrected chi connectivity index (χ4v) is 4.18. The van der Waals surface area contributed by atoms with Gasteiger partial charge >= 0.3 is 6.03 Å². The van der Waals surface area contributed by atoms with Crippen LogP contribution in [0.15, 0.2) is 73.1 Å². The highest BCUT2D eigenvalue weighted by atomic mass is 35.5. The Bertz CT molecular complexity index is 1290. The monoisotopic (exact) mass is 443 g/mol. The van der Waals surface area contributed by atoms with Crippen LogP contribution in [0.4, 0.5) is 16.3 Å². The summed E-state index contributed by atoms with van der Waals surface area (Å²) in [6.07, 6.45) is 4.33. The van der Waals surface area contributed by atoms with Crippen LogP contribution in [-0.4, -0.2) is 27.4 Å². The van der Waals surface area contributed by atoms with Gasteiger partial charge in [0.05, 0.1) is 17.4 Å². The molecule has 0 bridgehead atoms. The molecule has 0 saturated carbocycles. The summed E-state index contributed by atoms with van der Waals surface area (Å²) in [6.45, 7) is 1.56. The molecule has 2 aromatic heterocycles. The van der Waals surface area contributed by atoms with E-state index in [0.29, 0.717) is 24.7 Å². The van der Waals surface area contributed by atoms with Crippen LogP contribution in [0.5, 0.6) is 0 Å². The zero-order valence-corrected chi connectivity index (χ0v) is 18.1. The number of pyridine rings is 2. The maximum absolute atomic E-state index is 12.7. The number of hydrogen-bond donors (Lipinski definition) is 2. The van der Waals surface area contributed by atoms with Crippen LogP contribution in [-0.2, 0) is 19.5 Å². The van der Waals surface area contributed by atoms with E-state index in [1.54, 1.807) is 6.20 Å². The molecule has 4 aromatic rings. The predicted octanol–water partition coefficient (Wildman–Crippen LogP) is 5.29. The smallest absolute Gasteiger partial charge is 0.317 e. The van der Waals surface area contributed by atoms with E-state index in [1.807, 2.05) is 65.7 Å². The first-order valence-corrected chi connectivity index (χ1v) is 10.9. The normalized spacial score (nSPS) is 13.0. The van der Waals surface area contributed by atoms with Crippen LogP contribution in [0.25, 0.3) is 10.9 Å². The zero-order chi connectivity index (χ0) is 21.9. The summed E-state index contributed by atoms with van der Waals surface area (Å²) >= 11 is 6.19. The second kappa shape index (κ2) is 8.85. The summed E-state index contributed by atoms with van der Waals surface area (Å²) in [7, 11) is 0. The van der Waals surface area contributed by atoms with Crippen LogP contribution in [0, 0.1) is 0 Å². The lowest BCUT2D eigenvalue weighted by atomic mass is 10.0. The molecular weight excluding hydrogens is 422 g/mol. The number of halogens is 1. The van der Waals surface area contributed by atoms with Crippen molar-refractivity contribution in [1.82, 2.24) is 20.2 Å². The molecule has 7 heteroatoms. The van der Waals surface area contributed by atoms with E-state index in [0.717, 1.165) is 45.5 Å². The van der Waals surface area contributed by atoms with Crippen molar-refractivity contribution in [2.75, 3.05) is 11.9 Å². The van der Waals surface area contributed by atoms with Crippen LogP contribution >= 0.6 is 11.6 Å². The number of hydrogen-bond acceptors (Lipinski definition) is 4. The molecule has 0 aliphatic carbocycles. The van der Waals surface area contributed by atoms with Crippen molar-refractivity contribution in [2.45, 2.75) is 19.5 Å². The van der Waals surface area contributed by atoms with Crippen molar-refractivity contribution in [3.8, 4) is 0 Å². The van der Waals surface area contributed by atoms with Crippen molar-refractivity contribution >= 4 is 40.0 Å². The number of urea groups is 1. The van der Waals surface area contributed by atoms with E-state index < -0.39 is 0 Å². The summed E-state index contributed by atoms with van der Waals surface area (Å²) in [5, 5.41) is 8.12. The Morgan fingerprint density at radius 1 is 1.06 bits per heavy atom. The predicted molar refractivity (Wildman–Crippen MR) is 127 cm³/mol. The Kier molecular flexibility index (Phi) is 5.60. The van der Waals surface area contributed by atoms with E-state index in [9.17, 15) is 4.79 Å². The molecule has 32 heavy (non-hydrogen) atoms. The van der Waals surface area contributed by atoms with Gasteiger partial charge in [0.1, 0.15) is 5.82 Å². The van der Waals surface area contributed by atoms with Crippen LogP contribution in [0.1, 0.15) is 16.7 Å². The van der Waals surface area contributed by atoms with Crippen molar-refractivity contribution in [3.05, 3.63) is 94.8 Å². The fraction of sp³-hybridized carbons (Fsp3) is 0.160. The Hall–Kier alpha value is -3.64. The van der Waals surface area contributed by atoms with Gasteiger partial charge in [-0.05, 0) is 41.8 Å². The number of carbonyl (C=O) groups excluding carboxylic acids is 1. The van der Waals surface area contributed by atoms with Crippen LogP contribution < -0.4 is 10.6 Å². The van der Waals surface area contributed by atoms with Crippen molar-refractivity contribution in [3.63, 3.8) is 0 Å². The number of amides is 2. The van der Waals surface area contributed by atoms with Crippen molar-refractivity contribution in [2.24, 2.45) is 0 Å². The van der Waals surface area contributed by atoms with Crippen molar-refractivity contribution in [1.29, 1.82) is 0 Å². The van der Waals surface area contributed by atoms with Gasteiger partial charge in [-0.15, -0.1) is 0 Å². The first kappa shape index (κ1) is 20.3. The van der Waals surface area contributed by atoms with Gasteiger partial charge in [0.15, 0.2) is 0 Å². The molecule has 2 N–H and O–H groups in total. The van der Waals surface area contributed by atoms with E-state index in [4.69, 9.17) is 11.6 Å². The topological polar surface area (TPSA) is 70.2 Å². The molecule has 0 spiro atoms. The van der Waals surface area contributed by atoms with E-state index in [1.165, 1.54) is 0 Å². The van der Waals surface area contributed by atoms with Gasteiger partial charge in [-0.2, -0.15) is 0 Å². The van der Waals surface area contributed by atoms with Gasteiger partial charge in [-0.3, -0.25) is 4.98 Å². The molecular formula is C25H22ClN5O. The number of nitrogens with one attached hydrogen (secondary N) is 2. The van der Waals surface area contributed by atoms with E-state index in [2.05, 4.69) is 26.7 Å².